The number of thioether (sulfide) groups is 1. The van der Waals surface area contributed by atoms with Gasteiger partial charge in [-0.1, -0.05) is 80.2 Å². The summed E-state index contributed by atoms with van der Waals surface area (Å²) in [5.41, 5.74) is 5.76. The second-order valence-corrected chi connectivity index (χ2v) is 9.03. The summed E-state index contributed by atoms with van der Waals surface area (Å²) in [6, 6.07) is 18.2. The van der Waals surface area contributed by atoms with Crippen LogP contribution in [-0.2, 0) is 11.8 Å². The van der Waals surface area contributed by atoms with Crippen molar-refractivity contribution in [2.75, 3.05) is 5.75 Å². The van der Waals surface area contributed by atoms with Gasteiger partial charge in [0.15, 0.2) is 5.16 Å². The standard InChI is InChI=1S/C25H26N2OS/c1-5-25(4)15-18-11-9-10-14-20(18)22-21(25)23(28)27(19-12-7-6-8-13-19)24(26-22)29-16-17(2)3/h6-14H,2,5,15-16H2,1,3-4H3/t25-/m0/s1. The van der Waals surface area contributed by atoms with Gasteiger partial charge in [0, 0.05) is 16.7 Å². The molecule has 3 nitrogen and oxygen atoms in total. The number of rotatable bonds is 5. The first-order valence-corrected chi connectivity index (χ1v) is 11.0. The Balaban J connectivity index is 2.05. The monoisotopic (exact) mass is 402 g/mol. The summed E-state index contributed by atoms with van der Waals surface area (Å²) in [6.07, 6.45) is 1.74. The normalized spacial score (nSPS) is 17.5. The lowest BCUT2D eigenvalue weighted by Crippen LogP contribution is -2.39. The molecular formula is C25H26N2OS. The second-order valence-electron chi connectivity index (χ2n) is 8.09. The van der Waals surface area contributed by atoms with Crippen LogP contribution in [0.2, 0.25) is 0 Å². The molecule has 0 spiro atoms. The lowest BCUT2D eigenvalue weighted by Gasteiger charge is -2.35. The highest BCUT2D eigenvalue weighted by Crippen LogP contribution is 2.43. The van der Waals surface area contributed by atoms with Crippen LogP contribution >= 0.6 is 11.8 Å². The summed E-state index contributed by atoms with van der Waals surface area (Å²) < 4.78 is 1.79. The van der Waals surface area contributed by atoms with Gasteiger partial charge in [-0.2, -0.15) is 0 Å². The molecule has 0 saturated heterocycles. The first-order chi connectivity index (χ1) is 13.9. The van der Waals surface area contributed by atoms with E-state index in [0.717, 1.165) is 51.8 Å². The van der Waals surface area contributed by atoms with Crippen LogP contribution < -0.4 is 5.56 Å². The largest absolute Gasteiger partial charge is 0.268 e. The maximum absolute atomic E-state index is 14.0. The van der Waals surface area contributed by atoms with Crippen LogP contribution in [0.4, 0.5) is 0 Å². The fraction of sp³-hybridized carbons (Fsp3) is 0.280. The van der Waals surface area contributed by atoms with Crippen molar-refractivity contribution in [2.24, 2.45) is 0 Å². The Bertz CT molecular complexity index is 1130. The molecular weight excluding hydrogens is 376 g/mol. The van der Waals surface area contributed by atoms with Gasteiger partial charge in [0.05, 0.1) is 16.9 Å². The summed E-state index contributed by atoms with van der Waals surface area (Å²) >= 11 is 1.57. The molecule has 1 heterocycles. The van der Waals surface area contributed by atoms with E-state index in [1.54, 1.807) is 16.3 Å². The van der Waals surface area contributed by atoms with Crippen LogP contribution in [0.3, 0.4) is 0 Å². The molecule has 0 amide bonds. The Morgan fingerprint density at radius 3 is 2.55 bits per heavy atom. The number of benzene rings is 2. The number of aromatic nitrogens is 2. The topological polar surface area (TPSA) is 34.9 Å². The molecule has 29 heavy (non-hydrogen) atoms. The second kappa shape index (κ2) is 7.68. The third kappa shape index (κ3) is 3.46. The smallest absolute Gasteiger partial charge is 0.263 e. The minimum atomic E-state index is -0.234. The molecule has 0 N–H and O–H groups in total. The molecule has 2 aromatic carbocycles. The van der Waals surface area contributed by atoms with Crippen LogP contribution in [0.25, 0.3) is 16.9 Å². The van der Waals surface area contributed by atoms with Gasteiger partial charge in [0.2, 0.25) is 0 Å². The van der Waals surface area contributed by atoms with Crippen LogP contribution in [-0.4, -0.2) is 15.3 Å². The molecule has 4 rings (SSSR count). The van der Waals surface area contributed by atoms with Crippen LogP contribution in [0.5, 0.6) is 0 Å². The predicted molar refractivity (Wildman–Crippen MR) is 122 cm³/mol. The molecule has 1 aromatic heterocycles. The minimum Gasteiger partial charge on any atom is -0.268 e. The van der Waals surface area contributed by atoms with Crippen molar-refractivity contribution in [3.63, 3.8) is 0 Å². The van der Waals surface area contributed by atoms with Gasteiger partial charge in [0.1, 0.15) is 0 Å². The molecule has 0 saturated carbocycles. The molecule has 1 atom stereocenters. The fourth-order valence-electron chi connectivity index (χ4n) is 4.05. The Kier molecular flexibility index (Phi) is 5.22. The summed E-state index contributed by atoms with van der Waals surface area (Å²) in [5, 5.41) is 0.720. The minimum absolute atomic E-state index is 0.0456. The number of nitrogens with zero attached hydrogens (tertiary/aromatic N) is 2. The Morgan fingerprint density at radius 2 is 1.86 bits per heavy atom. The molecule has 1 aliphatic carbocycles. The molecule has 0 fully saturated rings. The zero-order valence-electron chi connectivity index (χ0n) is 17.2. The number of hydrogen-bond donors (Lipinski definition) is 0. The van der Waals surface area contributed by atoms with Gasteiger partial charge < -0.3 is 0 Å². The zero-order chi connectivity index (χ0) is 20.6. The SMILES string of the molecule is C=C(C)CSc1nc2c(c(=O)n1-c1ccccc1)[C@@](C)(CC)Cc1ccccc1-2. The molecule has 0 aliphatic heterocycles. The van der Waals surface area contributed by atoms with Crippen LogP contribution in [0.1, 0.15) is 38.3 Å². The molecule has 3 aromatic rings. The summed E-state index contributed by atoms with van der Waals surface area (Å²) in [7, 11) is 0. The average molecular weight is 403 g/mol. The Hall–Kier alpha value is -2.59. The molecule has 0 unspecified atom stereocenters. The highest BCUT2D eigenvalue weighted by atomic mass is 32.2. The highest BCUT2D eigenvalue weighted by Gasteiger charge is 2.38. The van der Waals surface area contributed by atoms with E-state index in [1.165, 1.54) is 5.56 Å². The highest BCUT2D eigenvalue weighted by molar-refractivity contribution is 7.99. The lowest BCUT2D eigenvalue weighted by molar-refractivity contribution is 0.435. The van der Waals surface area contributed by atoms with E-state index < -0.39 is 0 Å². The van der Waals surface area contributed by atoms with Gasteiger partial charge in [-0.3, -0.25) is 9.36 Å². The molecule has 1 aliphatic rings. The molecule has 0 bridgehead atoms. The summed E-state index contributed by atoms with van der Waals surface area (Å²) in [6.45, 7) is 10.4. The van der Waals surface area contributed by atoms with Crippen molar-refractivity contribution < 1.29 is 0 Å². The van der Waals surface area contributed by atoms with Crippen LogP contribution in [0.15, 0.2) is 76.7 Å². The van der Waals surface area contributed by atoms with E-state index in [1.807, 2.05) is 43.3 Å². The average Bonchev–Trinajstić information content (AvgIpc) is 2.72. The predicted octanol–water partition coefficient (Wildman–Crippen LogP) is 5.79. The van der Waals surface area contributed by atoms with E-state index in [0.29, 0.717) is 0 Å². The van der Waals surface area contributed by atoms with Gasteiger partial charge >= 0.3 is 0 Å². The van der Waals surface area contributed by atoms with E-state index in [9.17, 15) is 4.79 Å². The Morgan fingerprint density at radius 1 is 1.17 bits per heavy atom. The van der Waals surface area contributed by atoms with Crippen LogP contribution in [0, 0.1) is 0 Å². The molecule has 4 heteroatoms. The van der Waals surface area contributed by atoms with Crippen molar-refractivity contribution >= 4 is 11.8 Å². The third-order valence-electron chi connectivity index (χ3n) is 5.75. The van der Waals surface area contributed by atoms with Gasteiger partial charge in [-0.25, -0.2) is 4.98 Å². The maximum Gasteiger partial charge on any atom is 0.263 e. The fourth-order valence-corrected chi connectivity index (χ4v) is 4.89. The van der Waals surface area contributed by atoms with Crippen molar-refractivity contribution in [1.29, 1.82) is 0 Å². The molecule has 148 valence electrons. The first kappa shape index (κ1) is 19.7. The Labute approximate surface area is 176 Å². The van der Waals surface area contributed by atoms with E-state index in [2.05, 4.69) is 38.6 Å². The maximum atomic E-state index is 14.0. The number of fused-ring (bicyclic) bond motifs is 3. The summed E-state index contributed by atoms with van der Waals surface area (Å²) in [5.74, 6) is 0.727. The van der Waals surface area contributed by atoms with E-state index in [-0.39, 0.29) is 11.0 Å². The summed E-state index contributed by atoms with van der Waals surface area (Å²) in [4.78, 5) is 19.0. The van der Waals surface area contributed by atoms with Crippen molar-refractivity contribution in [2.45, 2.75) is 44.2 Å². The van der Waals surface area contributed by atoms with E-state index in [4.69, 9.17) is 4.98 Å². The van der Waals surface area contributed by atoms with Crippen molar-refractivity contribution in [3.05, 3.63) is 88.2 Å². The van der Waals surface area contributed by atoms with Crippen molar-refractivity contribution in [1.82, 2.24) is 9.55 Å². The molecule has 0 radical (unpaired) electrons. The van der Waals surface area contributed by atoms with E-state index >= 15 is 0 Å². The zero-order valence-corrected chi connectivity index (χ0v) is 18.1. The number of para-hydroxylation sites is 1. The number of hydrogen-bond acceptors (Lipinski definition) is 3. The van der Waals surface area contributed by atoms with Gasteiger partial charge in [-0.05, 0) is 37.5 Å². The third-order valence-corrected chi connectivity index (χ3v) is 6.92. The van der Waals surface area contributed by atoms with Crippen molar-refractivity contribution in [3.8, 4) is 16.9 Å². The lowest BCUT2D eigenvalue weighted by atomic mass is 9.69. The van der Waals surface area contributed by atoms with Gasteiger partial charge in [-0.15, -0.1) is 0 Å². The quantitative estimate of drug-likeness (QED) is 0.308. The first-order valence-electron chi connectivity index (χ1n) is 10.0. The van der Waals surface area contributed by atoms with Gasteiger partial charge in [0.25, 0.3) is 5.56 Å².